The van der Waals surface area contributed by atoms with Crippen LogP contribution in [0.2, 0.25) is 0 Å². The van der Waals surface area contributed by atoms with Gasteiger partial charge in [0.2, 0.25) is 11.8 Å². The Morgan fingerprint density at radius 3 is 2.40 bits per heavy atom. The van der Waals surface area contributed by atoms with Gasteiger partial charge < -0.3 is 20.9 Å². The van der Waals surface area contributed by atoms with E-state index < -0.39 is 6.04 Å². The SMILES string of the molecule is B[C@@H]1CCCN1C(=S)[C@@H](NC(=O)CN(CCC)C(=O)[C@@H](N)C1CCCCC1)C(C)C. The number of rotatable bonds is 9. The molecule has 1 aliphatic carbocycles. The van der Waals surface area contributed by atoms with Crippen LogP contribution >= 0.6 is 12.2 Å². The first kappa shape index (κ1) is 25.1. The average Bonchev–Trinajstić information content (AvgIpc) is 3.16. The number of hydrogen-bond donors (Lipinski definition) is 2. The smallest absolute Gasteiger partial charge is 0.240 e. The minimum atomic E-state index is -0.503. The Morgan fingerprint density at radius 2 is 1.87 bits per heavy atom. The van der Waals surface area contributed by atoms with Crippen LogP contribution in [-0.2, 0) is 9.59 Å². The number of carbonyl (C=O) groups is 2. The molecule has 2 amide bonds. The van der Waals surface area contributed by atoms with Crippen molar-refractivity contribution in [1.82, 2.24) is 15.1 Å². The predicted molar refractivity (Wildman–Crippen MR) is 129 cm³/mol. The lowest BCUT2D eigenvalue weighted by Crippen LogP contribution is -2.55. The summed E-state index contributed by atoms with van der Waals surface area (Å²) in [6.07, 6.45) is 8.60. The third-order valence-corrected chi connectivity index (χ3v) is 7.16. The van der Waals surface area contributed by atoms with E-state index in [1.165, 1.54) is 6.42 Å². The summed E-state index contributed by atoms with van der Waals surface area (Å²) < 4.78 is 0. The van der Waals surface area contributed by atoms with Crippen molar-refractivity contribution in [2.75, 3.05) is 19.6 Å². The number of carbonyl (C=O) groups excluding carboxylic acids is 2. The van der Waals surface area contributed by atoms with Gasteiger partial charge in [-0.15, -0.1) is 0 Å². The van der Waals surface area contributed by atoms with Gasteiger partial charge in [-0.1, -0.05) is 52.3 Å². The largest absolute Gasteiger partial charge is 0.370 e. The molecule has 0 aromatic heterocycles. The molecule has 170 valence electrons. The zero-order valence-electron chi connectivity index (χ0n) is 19.4. The molecule has 2 rings (SSSR count). The fourth-order valence-electron chi connectivity index (χ4n) is 4.79. The molecule has 1 saturated carbocycles. The Hall–Kier alpha value is -1.15. The minimum Gasteiger partial charge on any atom is -0.370 e. The van der Waals surface area contributed by atoms with Crippen LogP contribution in [-0.4, -0.2) is 72.1 Å². The lowest BCUT2D eigenvalue weighted by molar-refractivity contribution is -0.138. The Kier molecular flexibility index (Phi) is 10.1. The van der Waals surface area contributed by atoms with Gasteiger partial charge in [0.1, 0.15) is 12.8 Å². The van der Waals surface area contributed by atoms with Crippen molar-refractivity contribution in [1.29, 1.82) is 0 Å². The van der Waals surface area contributed by atoms with E-state index >= 15 is 0 Å². The zero-order valence-corrected chi connectivity index (χ0v) is 20.2. The summed E-state index contributed by atoms with van der Waals surface area (Å²) in [6.45, 7) is 7.72. The number of hydrogen-bond acceptors (Lipinski definition) is 4. The van der Waals surface area contributed by atoms with Crippen LogP contribution in [0.4, 0.5) is 0 Å². The number of nitrogens with two attached hydrogens (primary N) is 1. The first-order chi connectivity index (χ1) is 14.3. The molecule has 0 aromatic rings. The Balaban J connectivity index is 1.99. The van der Waals surface area contributed by atoms with E-state index in [-0.39, 0.29) is 36.2 Å². The molecule has 8 heteroatoms. The van der Waals surface area contributed by atoms with Crippen molar-refractivity contribution < 1.29 is 9.59 Å². The summed E-state index contributed by atoms with van der Waals surface area (Å²) >= 11 is 5.76. The quantitative estimate of drug-likeness (QED) is 0.425. The van der Waals surface area contributed by atoms with Gasteiger partial charge in [0.25, 0.3) is 0 Å². The number of amides is 2. The summed E-state index contributed by atoms with van der Waals surface area (Å²) in [7, 11) is 2.19. The summed E-state index contributed by atoms with van der Waals surface area (Å²) in [4.78, 5) is 30.7. The Bertz CT molecular complexity index is 598. The van der Waals surface area contributed by atoms with Gasteiger partial charge in [-0.05, 0) is 49.9 Å². The average molecular weight is 436 g/mol. The van der Waals surface area contributed by atoms with Crippen molar-refractivity contribution in [3.63, 3.8) is 0 Å². The van der Waals surface area contributed by atoms with Crippen molar-refractivity contribution in [3.05, 3.63) is 0 Å². The van der Waals surface area contributed by atoms with E-state index in [0.717, 1.165) is 56.5 Å². The van der Waals surface area contributed by atoms with E-state index in [4.69, 9.17) is 18.0 Å². The highest BCUT2D eigenvalue weighted by Gasteiger charge is 2.33. The highest BCUT2D eigenvalue weighted by Crippen LogP contribution is 2.26. The van der Waals surface area contributed by atoms with Crippen LogP contribution in [0.15, 0.2) is 0 Å². The van der Waals surface area contributed by atoms with Gasteiger partial charge in [0, 0.05) is 13.1 Å². The van der Waals surface area contributed by atoms with Gasteiger partial charge in [-0.2, -0.15) is 0 Å². The standard InChI is InChI=1S/C22H41BN4O2S/c1-4-12-26(21(29)19(24)16-9-6-5-7-10-16)14-18(28)25-20(15(2)3)22(30)27-13-8-11-17(27)23/h15-17,19-20H,4-14,23-24H2,1-3H3,(H,25,28)/t17-,19-,20-/m0/s1. The molecule has 1 saturated heterocycles. The second kappa shape index (κ2) is 12.0. The summed E-state index contributed by atoms with van der Waals surface area (Å²) in [6, 6.07) is -0.698. The van der Waals surface area contributed by atoms with Crippen molar-refractivity contribution in [3.8, 4) is 0 Å². The Morgan fingerprint density at radius 1 is 1.20 bits per heavy atom. The van der Waals surface area contributed by atoms with Crippen molar-refractivity contribution in [2.24, 2.45) is 17.6 Å². The fraction of sp³-hybridized carbons (Fsp3) is 0.864. The summed E-state index contributed by atoms with van der Waals surface area (Å²) in [5, 5.41) is 3.12. The maximum Gasteiger partial charge on any atom is 0.240 e. The number of nitrogens with zero attached hydrogens (tertiary/aromatic N) is 2. The van der Waals surface area contributed by atoms with E-state index in [1.54, 1.807) is 4.90 Å². The first-order valence-corrected chi connectivity index (χ1v) is 12.3. The molecule has 0 bridgehead atoms. The normalized spacial score (nSPS) is 22.0. The van der Waals surface area contributed by atoms with Crippen LogP contribution in [0.1, 0.15) is 72.1 Å². The van der Waals surface area contributed by atoms with Crippen LogP contribution in [0.3, 0.4) is 0 Å². The molecule has 0 unspecified atom stereocenters. The third kappa shape index (κ3) is 6.68. The fourth-order valence-corrected chi connectivity index (χ4v) is 5.39. The van der Waals surface area contributed by atoms with E-state index in [2.05, 4.69) is 31.9 Å². The number of thiocarbonyl (C=S) groups is 1. The van der Waals surface area contributed by atoms with E-state index in [1.807, 2.05) is 6.92 Å². The Labute approximate surface area is 189 Å². The van der Waals surface area contributed by atoms with Crippen LogP contribution in [0.25, 0.3) is 0 Å². The van der Waals surface area contributed by atoms with Gasteiger partial charge in [0.05, 0.1) is 18.6 Å². The highest BCUT2D eigenvalue weighted by molar-refractivity contribution is 7.80. The number of nitrogens with one attached hydrogen (secondary N) is 1. The van der Waals surface area contributed by atoms with E-state index in [0.29, 0.717) is 12.5 Å². The molecule has 0 spiro atoms. The first-order valence-electron chi connectivity index (χ1n) is 11.9. The molecule has 6 nitrogen and oxygen atoms in total. The third-order valence-electron chi connectivity index (χ3n) is 6.67. The molecule has 1 aliphatic heterocycles. The predicted octanol–water partition coefficient (Wildman–Crippen LogP) is 1.66. The molecular weight excluding hydrogens is 395 g/mol. The topological polar surface area (TPSA) is 78.7 Å². The van der Waals surface area contributed by atoms with Crippen molar-refractivity contribution >= 4 is 36.9 Å². The zero-order chi connectivity index (χ0) is 22.3. The molecule has 0 aromatic carbocycles. The lowest BCUT2D eigenvalue weighted by Gasteiger charge is -2.34. The van der Waals surface area contributed by atoms with Crippen LogP contribution in [0, 0.1) is 11.8 Å². The van der Waals surface area contributed by atoms with Crippen LogP contribution in [0.5, 0.6) is 0 Å². The van der Waals surface area contributed by atoms with Gasteiger partial charge in [-0.25, -0.2) is 0 Å². The van der Waals surface area contributed by atoms with Gasteiger partial charge in [0.15, 0.2) is 0 Å². The molecule has 1 heterocycles. The molecule has 2 fully saturated rings. The second-order valence-corrected chi connectivity index (χ2v) is 9.91. The minimum absolute atomic E-state index is 0.0501. The van der Waals surface area contributed by atoms with Crippen LogP contribution < -0.4 is 11.1 Å². The maximum atomic E-state index is 13.1. The lowest BCUT2D eigenvalue weighted by atomic mass is 9.83. The van der Waals surface area contributed by atoms with Gasteiger partial charge in [-0.3, -0.25) is 9.59 Å². The monoisotopic (exact) mass is 436 g/mol. The summed E-state index contributed by atoms with van der Waals surface area (Å²) in [5.41, 5.74) is 6.34. The molecule has 2 aliphatic rings. The maximum absolute atomic E-state index is 13.1. The number of likely N-dealkylation sites (tertiary alicyclic amines) is 1. The molecule has 30 heavy (non-hydrogen) atoms. The molecule has 3 N–H and O–H groups in total. The highest BCUT2D eigenvalue weighted by atomic mass is 32.1. The van der Waals surface area contributed by atoms with E-state index in [9.17, 15) is 9.59 Å². The molecule has 3 atom stereocenters. The van der Waals surface area contributed by atoms with Crippen molar-refractivity contribution in [2.45, 2.75) is 90.2 Å². The molecule has 0 radical (unpaired) electrons. The molecular formula is C22H41BN4O2S. The second-order valence-electron chi connectivity index (χ2n) is 9.50. The summed E-state index contributed by atoms with van der Waals surface area (Å²) in [5.74, 6) is 0.606. The van der Waals surface area contributed by atoms with Gasteiger partial charge >= 0.3 is 0 Å².